The SMILES string of the molecule is Cc1nc2cc(CN(C(=O)OC(C)(C)C)[C@H]3CCC[C@H]3O)cc(C(F)(F)F)c2o1. The highest BCUT2D eigenvalue weighted by molar-refractivity contribution is 5.78. The van der Waals surface area contributed by atoms with Crippen LogP contribution in [0.4, 0.5) is 18.0 Å². The van der Waals surface area contributed by atoms with Crippen molar-refractivity contribution in [2.45, 2.75) is 77.4 Å². The van der Waals surface area contributed by atoms with E-state index in [2.05, 4.69) is 4.98 Å². The summed E-state index contributed by atoms with van der Waals surface area (Å²) < 4.78 is 51.2. The molecule has 1 amide bonds. The smallest absolute Gasteiger partial charge is 0.420 e. The highest BCUT2D eigenvalue weighted by Crippen LogP contribution is 2.37. The van der Waals surface area contributed by atoms with Gasteiger partial charge in [0.2, 0.25) is 0 Å². The molecule has 2 aromatic rings. The number of aryl methyl sites for hydroxylation is 1. The van der Waals surface area contributed by atoms with Crippen molar-refractivity contribution in [1.29, 1.82) is 0 Å². The van der Waals surface area contributed by atoms with Gasteiger partial charge in [-0.3, -0.25) is 4.90 Å². The maximum atomic E-state index is 13.6. The van der Waals surface area contributed by atoms with Gasteiger partial charge in [-0.25, -0.2) is 9.78 Å². The zero-order valence-corrected chi connectivity index (χ0v) is 16.8. The second-order valence-corrected chi connectivity index (χ2v) is 8.40. The molecule has 0 saturated heterocycles. The van der Waals surface area contributed by atoms with Crippen LogP contribution in [0, 0.1) is 6.92 Å². The summed E-state index contributed by atoms with van der Waals surface area (Å²) in [5.74, 6) is 0.123. The van der Waals surface area contributed by atoms with Crippen molar-refractivity contribution in [2.24, 2.45) is 0 Å². The van der Waals surface area contributed by atoms with Gasteiger partial charge in [0.05, 0.1) is 12.1 Å². The summed E-state index contributed by atoms with van der Waals surface area (Å²) in [4.78, 5) is 18.1. The summed E-state index contributed by atoms with van der Waals surface area (Å²) >= 11 is 0. The molecule has 1 saturated carbocycles. The Balaban J connectivity index is 2.00. The second kappa shape index (κ2) is 7.51. The molecule has 1 heterocycles. The third-order valence-electron chi connectivity index (χ3n) is 4.79. The number of aliphatic hydroxyl groups excluding tert-OH is 1. The number of nitrogens with zero attached hydrogens (tertiary/aromatic N) is 2. The fourth-order valence-corrected chi connectivity index (χ4v) is 3.62. The number of carbonyl (C=O) groups excluding carboxylic acids is 1. The predicted molar refractivity (Wildman–Crippen MR) is 99.2 cm³/mol. The van der Waals surface area contributed by atoms with Gasteiger partial charge in [-0.2, -0.15) is 13.2 Å². The average molecular weight is 414 g/mol. The Hall–Kier alpha value is -2.29. The molecule has 1 N–H and O–H groups in total. The van der Waals surface area contributed by atoms with Crippen molar-refractivity contribution in [3.8, 4) is 0 Å². The highest BCUT2D eigenvalue weighted by Gasteiger charge is 2.38. The summed E-state index contributed by atoms with van der Waals surface area (Å²) in [6.07, 6.45) is -4.25. The van der Waals surface area contributed by atoms with Gasteiger partial charge >= 0.3 is 12.3 Å². The first kappa shape index (κ1) is 21.4. The first-order chi connectivity index (χ1) is 13.3. The number of benzene rings is 1. The molecule has 1 aliphatic rings. The van der Waals surface area contributed by atoms with Crippen LogP contribution in [0.15, 0.2) is 16.5 Å². The fraction of sp³-hybridized carbons (Fsp3) is 0.600. The number of halogens is 3. The summed E-state index contributed by atoms with van der Waals surface area (Å²) in [7, 11) is 0. The van der Waals surface area contributed by atoms with E-state index in [1.165, 1.54) is 17.9 Å². The van der Waals surface area contributed by atoms with Crippen LogP contribution >= 0.6 is 0 Å². The van der Waals surface area contributed by atoms with Gasteiger partial charge in [0.25, 0.3) is 0 Å². The first-order valence-corrected chi connectivity index (χ1v) is 9.50. The number of fused-ring (bicyclic) bond motifs is 1. The molecule has 0 radical (unpaired) electrons. The Morgan fingerprint density at radius 2 is 2.00 bits per heavy atom. The minimum atomic E-state index is -4.64. The summed E-state index contributed by atoms with van der Waals surface area (Å²) in [5.41, 5.74) is -1.74. The lowest BCUT2D eigenvalue weighted by Gasteiger charge is -2.33. The Morgan fingerprint density at radius 3 is 2.55 bits per heavy atom. The van der Waals surface area contributed by atoms with Gasteiger partial charge in [0.1, 0.15) is 16.7 Å². The fourth-order valence-electron chi connectivity index (χ4n) is 3.62. The van der Waals surface area contributed by atoms with E-state index in [0.717, 1.165) is 12.5 Å². The van der Waals surface area contributed by atoms with Crippen LogP contribution < -0.4 is 0 Å². The number of carbonyl (C=O) groups is 1. The van der Waals surface area contributed by atoms with E-state index in [1.807, 2.05) is 0 Å². The lowest BCUT2D eigenvalue weighted by molar-refractivity contribution is -0.136. The standard InChI is InChI=1S/C20H25F3N2O4/c1-11-24-14-9-12(8-13(17(14)28-11)20(21,22)23)10-25(15-6-5-7-16(15)26)18(27)29-19(2,3)4/h8-9,15-16,26H,5-7,10H2,1-4H3/t15-,16+/m0/s1. The summed E-state index contributed by atoms with van der Waals surface area (Å²) in [6, 6.07) is 1.92. The van der Waals surface area contributed by atoms with Crippen LogP contribution in [-0.2, 0) is 17.5 Å². The molecule has 1 aromatic heterocycles. The number of rotatable bonds is 3. The van der Waals surface area contributed by atoms with Crippen molar-refractivity contribution >= 4 is 17.2 Å². The third kappa shape index (κ3) is 4.83. The number of oxazole rings is 1. The van der Waals surface area contributed by atoms with Gasteiger partial charge in [-0.1, -0.05) is 0 Å². The second-order valence-electron chi connectivity index (χ2n) is 8.40. The quantitative estimate of drug-likeness (QED) is 0.780. The van der Waals surface area contributed by atoms with Gasteiger partial charge in [-0.15, -0.1) is 0 Å². The number of hydrogen-bond acceptors (Lipinski definition) is 5. The van der Waals surface area contributed by atoms with Gasteiger partial charge in [0.15, 0.2) is 11.5 Å². The molecule has 3 rings (SSSR count). The molecular formula is C20H25F3N2O4. The van der Waals surface area contributed by atoms with Crippen LogP contribution in [-0.4, -0.2) is 38.8 Å². The molecule has 2 atom stereocenters. The topological polar surface area (TPSA) is 75.8 Å². The zero-order valence-electron chi connectivity index (χ0n) is 16.8. The predicted octanol–water partition coefficient (Wildman–Crippen LogP) is 4.81. The maximum Gasteiger partial charge on any atom is 0.420 e. The van der Waals surface area contributed by atoms with Crippen molar-refractivity contribution in [1.82, 2.24) is 9.88 Å². The number of hydrogen-bond donors (Lipinski definition) is 1. The van der Waals surface area contributed by atoms with Crippen LogP contribution in [0.1, 0.15) is 57.1 Å². The molecule has 6 nitrogen and oxygen atoms in total. The Bertz CT molecular complexity index is 901. The van der Waals surface area contributed by atoms with E-state index in [4.69, 9.17) is 9.15 Å². The lowest BCUT2D eigenvalue weighted by atomic mass is 10.1. The monoisotopic (exact) mass is 414 g/mol. The Kier molecular flexibility index (Phi) is 5.55. The maximum absolute atomic E-state index is 13.6. The largest absolute Gasteiger partial charge is 0.444 e. The highest BCUT2D eigenvalue weighted by atomic mass is 19.4. The van der Waals surface area contributed by atoms with E-state index < -0.39 is 35.6 Å². The number of aromatic nitrogens is 1. The van der Waals surface area contributed by atoms with Gasteiger partial charge in [0, 0.05) is 13.5 Å². The molecule has 0 aliphatic heterocycles. The van der Waals surface area contributed by atoms with E-state index in [1.54, 1.807) is 20.8 Å². The van der Waals surface area contributed by atoms with Gasteiger partial charge in [-0.05, 0) is 57.7 Å². The van der Waals surface area contributed by atoms with Crippen LogP contribution in [0.25, 0.3) is 11.1 Å². The molecule has 1 aromatic carbocycles. The van der Waals surface area contributed by atoms with Crippen LogP contribution in [0.5, 0.6) is 0 Å². The molecular weight excluding hydrogens is 389 g/mol. The van der Waals surface area contributed by atoms with E-state index in [-0.39, 0.29) is 29.1 Å². The molecule has 1 fully saturated rings. The molecule has 9 heteroatoms. The van der Waals surface area contributed by atoms with Crippen molar-refractivity contribution in [3.63, 3.8) is 0 Å². The van der Waals surface area contributed by atoms with Crippen LogP contribution in [0.3, 0.4) is 0 Å². The molecule has 0 bridgehead atoms. The van der Waals surface area contributed by atoms with E-state index >= 15 is 0 Å². The minimum Gasteiger partial charge on any atom is -0.444 e. The lowest BCUT2D eigenvalue weighted by Crippen LogP contribution is -2.46. The van der Waals surface area contributed by atoms with Crippen molar-refractivity contribution in [2.75, 3.05) is 0 Å². The van der Waals surface area contributed by atoms with Gasteiger partial charge < -0.3 is 14.3 Å². The minimum absolute atomic E-state index is 0.0726. The molecule has 0 unspecified atom stereocenters. The Morgan fingerprint density at radius 1 is 1.31 bits per heavy atom. The number of amides is 1. The number of ether oxygens (including phenoxy) is 1. The molecule has 1 aliphatic carbocycles. The van der Waals surface area contributed by atoms with Crippen LogP contribution in [0.2, 0.25) is 0 Å². The van der Waals surface area contributed by atoms with Crippen molar-refractivity contribution < 1.29 is 32.2 Å². The third-order valence-corrected chi connectivity index (χ3v) is 4.79. The normalized spacial score (nSPS) is 20.3. The first-order valence-electron chi connectivity index (χ1n) is 9.50. The zero-order chi connectivity index (χ0) is 21.6. The summed E-state index contributed by atoms with van der Waals surface area (Å²) in [6.45, 7) is 6.46. The van der Waals surface area contributed by atoms with E-state index in [9.17, 15) is 23.1 Å². The molecule has 29 heavy (non-hydrogen) atoms. The van der Waals surface area contributed by atoms with E-state index in [0.29, 0.717) is 12.8 Å². The number of alkyl halides is 3. The molecule has 0 spiro atoms. The molecule has 160 valence electrons. The Labute approximate surface area is 166 Å². The summed E-state index contributed by atoms with van der Waals surface area (Å²) in [5, 5.41) is 10.3. The average Bonchev–Trinajstić information content (AvgIpc) is 3.13. The number of aliphatic hydroxyl groups is 1. The van der Waals surface area contributed by atoms with Crippen molar-refractivity contribution in [3.05, 3.63) is 29.2 Å².